The van der Waals surface area contributed by atoms with E-state index in [2.05, 4.69) is 12.2 Å². The number of urea groups is 1. The molecule has 1 atom stereocenters. The monoisotopic (exact) mass is 276 g/mol. The number of nitrogens with zero attached hydrogens (tertiary/aromatic N) is 1. The number of aliphatic carboxylic acids is 1. The maximum atomic E-state index is 12.2. The predicted molar refractivity (Wildman–Crippen MR) is 76.8 cm³/mol. The molecule has 0 bridgehead atoms. The van der Waals surface area contributed by atoms with Gasteiger partial charge in [-0.05, 0) is 37.0 Å². The van der Waals surface area contributed by atoms with Crippen molar-refractivity contribution in [1.82, 2.24) is 4.90 Å². The topological polar surface area (TPSA) is 69.6 Å². The van der Waals surface area contributed by atoms with Crippen LogP contribution >= 0.6 is 0 Å². The molecule has 5 nitrogen and oxygen atoms in total. The van der Waals surface area contributed by atoms with Crippen molar-refractivity contribution in [2.24, 2.45) is 0 Å². The van der Waals surface area contributed by atoms with Crippen molar-refractivity contribution < 1.29 is 14.7 Å². The van der Waals surface area contributed by atoms with Crippen LogP contribution in [0.25, 0.3) is 0 Å². The molecule has 1 heterocycles. The van der Waals surface area contributed by atoms with Crippen molar-refractivity contribution in [3.8, 4) is 0 Å². The fraction of sp³-hybridized carbons (Fsp3) is 0.467. The first-order valence-electron chi connectivity index (χ1n) is 6.98. The molecule has 2 amide bonds. The number of hydrogen-bond acceptors (Lipinski definition) is 2. The Hall–Kier alpha value is -2.04. The average Bonchev–Trinajstić information content (AvgIpc) is 2.87. The van der Waals surface area contributed by atoms with Crippen LogP contribution in [0.1, 0.15) is 31.7 Å². The minimum absolute atomic E-state index is 0.0161. The second-order valence-electron chi connectivity index (χ2n) is 5.07. The van der Waals surface area contributed by atoms with Gasteiger partial charge in [-0.15, -0.1) is 0 Å². The van der Waals surface area contributed by atoms with Gasteiger partial charge in [0.1, 0.15) is 0 Å². The molecule has 0 aliphatic carbocycles. The molecule has 1 aromatic carbocycles. The summed E-state index contributed by atoms with van der Waals surface area (Å²) in [5, 5.41) is 11.7. The molecule has 20 heavy (non-hydrogen) atoms. The van der Waals surface area contributed by atoms with Crippen LogP contribution in [0, 0.1) is 0 Å². The molecule has 1 saturated heterocycles. The highest BCUT2D eigenvalue weighted by Crippen LogP contribution is 2.21. The number of carboxylic acids is 1. The molecule has 5 heteroatoms. The number of benzene rings is 1. The minimum Gasteiger partial charge on any atom is -0.481 e. The summed E-state index contributed by atoms with van der Waals surface area (Å²) < 4.78 is 0. The van der Waals surface area contributed by atoms with Crippen molar-refractivity contribution in [3.63, 3.8) is 0 Å². The largest absolute Gasteiger partial charge is 0.481 e. The lowest BCUT2D eigenvalue weighted by molar-refractivity contribution is -0.137. The summed E-state index contributed by atoms with van der Waals surface area (Å²) in [5.41, 5.74) is 1.96. The Kier molecular flexibility index (Phi) is 4.61. The second kappa shape index (κ2) is 6.41. The third-order valence-corrected chi connectivity index (χ3v) is 3.66. The third-order valence-electron chi connectivity index (χ3n) is 3.66. The zero-order chi connectivity index (χ0) is 14.5. The van der Waals surface area contributed by atoms with Crippen molar-refractivity contribution in [3.05, 3.63) is 29.8 Å². The zero-order valence-electron chi connectivity index (χ0n) is 11.6. The summed E-state index contributed by atoms with van der Waals surface area (Å²) in [6, 6.07) is 7.31. The van der Waals surface area contributed by atoms with E-state index >= 15 is 0 Å². The number of rotatable bonds is 4. The van der Waals surface area contributed by atoms with Crippen LogP contribution in [-0.2, 0) is 11.2 Å². The van der Waals surface area contributed by atoms with Gasteiger partial charge in [0, 0.05) is 18.3 Å². The lowest BCUT2D eigenvalue weighted by Crippen LogP contribution is -2.39. The molecule has 1 aromatic rings. The number of anilines is 1. The lowest BCUT2D eigenvalue weighted by Gasteiger charge is -2.23. The van der Waals surface area contributed by atoms with Gasteiger partial charge >= 0.3 is 12.0 Å². The molecular weight excluding hydrogens is 256 g/mol. The summed E-state index contributed by atoms with van der Waals surface area (Å²) in [5.74, 6) is -0.859. The van der Waals surface area contributed by atoms with E-state index in [1.165, 1.54) is 5.56 Å². The van der Waals surface area contributed by atoms with Gasteiger partial charge in [0.05, 0.1) is 6.42 Å². The molecule has 1 aliphatic heterocycles. The van der Waals surface area contributed by atoms with Gasteiger partial charge in [0.25, 0.3) is 0 Å². The van der Waals surface area contributed by atoms with E-state index < -0.39 is 5.97 Å². The van der Waals surface area contributed by atoms with Gasteiger partial charge in [0.2, 0.25) is 0 Å². The highest BCUT2D eigenvalue weighted by Gasteiger charge is 2.30. The summed E-state index contributed by atoms with van der Waals surface area (Å²) in [6.07, 6.45) is 2.60. The summed E-state index contributed by atoms with van der Waals surface area (Å²) >= 11 is 0. The van der Waals surface area contributed by atoms with Crippen LogP contribution in [0.15, 0.2) is 24.3 Å². The fourth-order valence-electron chi connectivity index (χ4n) is 2.54. The molecule has 2 rings (SSSR count). The van der Waals surface area contributed by atoms with E-state index in [0.717, 1.165) is 24.9 Å². The van der Waals surface area contributed by atoms with Gasteiger partial charge in [-0.1, -0.05) is 19.1 Å². The molecule has 0 aromatic heterocycles. The Morgan fingerprint density at radius 2 is 2.05 bits per heavy atom. The van der Waals surface area contributed by atoms with Crippen molar-refractivity contribution >= 4 is 17.7 Å². The first-order valence-corrected chi connectivity index (χ1v) is 6.98. The molecule has 0 spiro atoms. The Bertz CT molecular complexity index is 484. The van der Waals surface area contributed by atoms with E-state index in [4.69, 9.17) is 5.11 Å². The highest BCUT2D eigenvalue weighted by atomic mass is 16.4. The van der Waals surface area contributed by atoms with Gasteiger partial charge in [-0.3, -0.25) is 4.79 Å². The first-order chi connectivity index (χ1) is 9.60. The SMILES string of the molecule is CCc1ccc(NC(=O)N2CCCC2CC(=O)O)cc1. The van der Waals surface area contributed by atoms with Crippen molar-refractivity contribution in [2.45, 2.75) is 38.6 Å². The van der Waals surface area contributed by atoms with Crippen LogP contribution in [0.3, 0.4) is 0 Å². The smallest absolute Gasteiger partial charge is 0.322 e. The normalized spacial score (nSPS) is 18.1. The molecule has 0 saturated carbocycles. The number of nitrogens with one attached hydrogen (secondary N) is 1. The number of carbonyl (C=O) groups is 2. The average molecular weight is 276 g/mol. The van der Waals surface area contributed by atoms with Crippen LogP contribution in [0.4, 0.5) is 10.5 Å². The van der Waals surface area contributed by atoms with Crippen molar-refractivity contribution in [1.29, 1.82) is 0 Å². The molecule has 1 aliphatic rings. The Morgan fingerprint density at radius 3 is 2.65 bits per heavy atom. The van der Waals surface area contributed by atoms with Gasteiger partial charge in [-0.2, -0.15) is 0 Å². The number of aryl methyl sites for hydroxylation is 1. The number of amides is 2. The minimum atomic E-state index is -0.859. The standard InChI is InChI=1S/C15H20N2O3/c1-2-11-5-7-12(8-6-11)16-15(20)17-9-3-4-13(17)10-14(18)19/h5-8,13H,2-4,9-10H2,1H3,(H,16,20)(H,18,19). The van der Waals surface area contributed by atoms with E-state index in [-0.39, 0.29) is 18.5 Å². The van der Waals surface area contributed by atoms with E-state index in [1.54, 1.807) is 4.90 Å². The van der Waals surface area contributed by atoms with Gasteiger partial charge < -0.3 is 15.3 Å². The van der Waals surface area contributed by atoms with Crippen LogP contribution < -0.4 is 5.32 Å². The summed E-state index contributed by atoms with van der Waals surface area (Å²) in [4.78, 5) is 24.6. The van der Waals surface area contributed by atoms with Crippen LogP contribution in [-0.4, -0.2) is 34.6 Å². The Morgan fingerprint density at radius 1 is 1.35 bits per heavy atom. The van der Waals surface area contributed by atoms with Crippen LogP contribution in [0.5, 0.6) is 0 Å². The second-order valence-corrected chi connectivity index (χ2v) is 5.07. The number of carbonyl (C=O) groups excluding carboxylic acids is 1. The molecule has 1 unspecified atom stereocenters. The lowest BCUT2D eigenvalue weighted by atomic mass is 10.1. The van der Waals surface area contributed by atoms with E-state index in [0.29, 0.717) is 6.54 Å². The molecule has 108 valence electrons. The molecule has 0 radical (unpaired) electrons. The van der Waals surface area contributed by atoms with Crippen molar-refractivity contribution in [2.75, 3.05) is 11.9 Å². The van der Waals surface area contributed by atoms with E-state index in [1.807, 2.05) is 24.3 Å². The maximum absolute atomic E-state index is 12.2. The predicted octanol–water partition coefficient (Wildman–Crippen LogP) is 2.72. The number of likely N-dealkylation sites (tertiary alicyclic amines) is 1. The third kappa shape index (κ3) is 3.50. The van der Waals surface area contributed by atoms with E-state index in [9.17, 15) is 9.59 Å². The fourth-order valence-corrected chi connectivity index (χ4v) is 2.54. The van der Waals surface area contributed by atoms with Crippen LogP contribution in [0.2, 0.25) is 0 Å². The molecule has 1 fully saturated rings. The Labute approximate surface area is 118 Å². The number of carboxylic acid groups (broad SMARTS) is 1. The number of hydrogen-bond donors (Lipinski definition) is 2. The molecular formula is C15H20N2O3. The quantitative estimate of drug-likeness (QED) is 0.888. The summed E-state index contributed by atoms with van der Waals surface area (Å²) in [7, 11) is 0. The Balaban J connectivity index is 1.97. The zero-order valence-corrected chi connectivity index (χ0v) is 11.6. The summed E-state index contributed by atoms with van der Waals surface area (Å²) in [6.45, 7) is 2.70. The maximum Gasteiger partial charge on any atom is 0.322 e. The molecule has 2 N–H and O–H groups in total. The van der Waals surface area contributed by atoms with Gasteiger partial charge in [0.15, 0.2) is 0 Å². The highest BCUT2D eigenvalue weighted by molar-refractivity contribution is 5.90. The first kappa shape index (κ1) is 14.4. The van der Waals surface area contributed by atoms with Gasteiger partial charge in [-0.25, -0.2) is 4.79 Å².